The van der Waals surface area contributed by atoms with E-state index in [0.29, 0.717) is 18.7 Å². The number of carbonyl (C=O) groups is 2. The number of amides is 1. The second-order valence-electron chi connectivity index (χ2n) is 7.76. The minimum Gasteiger partial charge on any atom is -0.503 e. The van der Waals surface area contributed by atoms with Crippen LogP contribution in [0.25, 0.3) is 0 Å². The van der Waals surface area contributed by atoms with Crippen LogP contribution in [0, 0.1) is 11.7 Å². The van der Waals surface area contributed by atoms with E-state index in [1.807, 2.05) is 0 Å². The lowest BCUT2D eigenvalue weighted by Gasteiger charge is -2.31. The molecule has 1 aromatic carbocycles. The van der Waals surface area contributed by atoms with Crippen LogP contribution in [0.15, 0.2) is 35.6 Å². The Kier molecular flexibility index (Phi) is 5.00. The monoisotopic (exact) mass is 372 g/mol. The third-order valence-electron chi connectivity index (χ3n) is 5.81. The van der Waals surface area contributed by atoms with Crippen molar-refractivity contribution < 1.29 is 19.1 Å². The Bertz CT molecular complexity index is 764. The Labute approximate surface area is 158 Å². The van der Waals surface area contributed by atoms with Gasteiger partial charge in [-0.05, 0) is 56.5 Å². The summed E-state index contributed by atoms with van der Waals surface area (Å²) >= 11 is 0. The maximum Gasteiger partial charge on any atom is 0.290 e. The molecule has 2 fully saturated rings. The number of Topliss-reactive ketones (excluding diaryl/α,β-unsaturated/α-hetero) is 1. The first kappa shape index (κ1) is 18.2. The Morgan fingerprint density at radius 3 is 2.37 bits per heavy atom. The minimum absolute atomic E-state index is 0.0973. The number of nitrogens with zero attached hydrogens (tertiary/aromatic N) is 2. The van der Waals surface area contributed by atoms with E-state index in [-0.39, 0.29) is 23.1 Å². The molecule has 1 atom stereocenters. The number of likely N-dealkylation sites (tertiary alicyclic amines) is 1. The summed E-state index contributed by atoms with van der Waals surface area (Å²) < 4.78 is 13.4. The number of carbonyl (C=O) groups excluding carboxylic acids is 2. The number of aliphatic hydroxyl groups is 1. The lowest BCUT2D eigenvalue weighted by atomic mass is 9.94. The zero-order valence-corrected chi connectivity index (χ0v) is 15.4. The molecule has 1 amide bonds. The van der Waals surface area contributed by atoms with Gasteiger partial charge in [0.2, 0.25) is 0 Å². The van der Waals surface area contributed by atoms with Gasteiger partial charge in [-0.15, -0.1) is 0 Å². The van der Waals surface area contributed by atoms with Gasteiger partial charge in [0.05, 0.1) is 11.6 Å². The van der Waals surface area contributed by atoms with Crippen LogP contribution in [-0.2, 0) is 9.59 Å². The van der Waals surface area contributed by atoms with Gasteiger partial charge in [-0.1, -0.05) is 18.6 Å². The zero-order chi connectivity index (χ0) is 19.0. The highest BCUT2D eigenvalue weighted by atomic mass is 19.1. The second kappa shape index (κ2) is 7.43. The molecule has 144 valence electrons. The number of ketones is 1. The normalized spacial score (nSPS) is 24.0. The maximum atomic E-state index is 13.4. The average molecular weight is 372 g/mol. The molecule has 2 heterocycles. The molecule has 5 nitrogen and oxygen atoms in total. The molecule has 4 rings (SSSR count). The van der Waals surface area contributed by atoms with E-state index in [9.17, 15) is 19.1 Å². The predicted molar refractivity (Wildman–Crippen MR) is 98.5 cm³/mol. The molecule has 1 aliphatic carbocycles. The summed E-state index contributed by atoms with van der Waals surface area (Å²) in [5.74, 6) is -1.54. The van der Waals surface area contributed by atoms with Crippen molar-refractivity contribution in [2.45, 2.75) is 38.1 Å². The average Bonchev–Trinajstić information content (AvgIpc) is 3.50. The molecule has 2 aliphatic heterocycles. The highest BCUT2D eigenvalue weighted by molar-refractivity contribution is 6.10. The lowest BCUT2D eigenvalue weighted by Crippen LogP contribution is -2.40. The molecular weight excluding hydrogens is 347 g/mol. The fraction of sp³-hybridized carbons (Fsp3) is 0.524. The van der Waals surface area contributed by atoms with Crippen LogP contribution in [0.4, 0.5) is 4.39 Å². The largest absolute Gasteiger partial charge is 0.503 e. The SMILES string of the molecule is O=C(C1=C(O)C(=O)N(CCN2CCCCC2)C1c1ccc(F)cc1)C1CC1. The van der Waals surface area contributed by atoms with E-state index >= 15 is 0 Å². The van der Waals surface area contributed by atoms with Gasteiger partial charge in [0.25, 0.3) is 5.91 Å². The molecule has 1 saturated carbocycles. The molecule has 6 heteroatoms. The molecule has 0 aromatic heterocycles. The quantitative estimate of drug-likeness (QED) is 0.834. The number of hydrogen-bond acceptors (Lipinski definition) is 4. The number of hydrogen-bond donors (Lipinski definition) is 1. The zero-order valence-electron chi connectivity index (χ0n) is 15.4. The molecular formula is C21H25FN2O3. The van der Waals surface area contributed by atoms with Crippen LogP contribution in [0.1, 0.15) is 43.7 Å². The molecule has 0 spiro atoms. The summed E-state index contributed by atoms with van der Waals surface area (Å²) in [5, 5.41) is 10.5. The van der Waals surface area contributed by atoms with Gasteiger partial charge in [-0.3, -0.25) is 9.59 Å². The molecule has 27 heavy (non-hydrogen) atoms. The molecule has 3 aliphatic rings. The summed E-state index contributed by atoms with van der Waals surface area (Å²) in [6.07, 6.45) is 5.15. The third-order valence-corrected chi connectivity index (χ3v) is 5.81. The summed E-state index contributed by atoms with van der Waals surface area (Å²) in [5.41, 5.74) is 0.851. The minimum atomic E-state index is -0.629. The van der Waals surface area contributed by atoms with Crippen molar-refractivity contribution in [3.63, 3.8) is 0 Å². The number of aliphatic hydroxyl groups excluding tert-OH is 1. The van der Waals surface area contributed by atoms with Crippen molar-refractivity contribution in [2.24, 2.45) is 5.92 Å². The van der Waals surface area contributed by atoms with E-state index in [1.165, 1.54) is 18.6 Å². The molecule has 0 radical (unpaired) electrons. The van der Waals surface area contributed by atoms with Gasteiger partial charge in [0, 0.05) is 19.0 Å². The summed E-state index contributed by atoms with van der Waals surface area (Å²) in [6.45, 7) is 3.17. The predicted octanol–water partition coefficient (Wildman–Crippen LogP) is 2.99. The molecule has 1 saturated heterocycles. The third kappa shape index (κ3) is 3.63. The maximum absolute atomic E-state index is 13.4. The lowest BCUT2D eigenvalue weighted by molar-refractivity contribution is -0.129. The van der Waals surface area contributed by atoms with Crippen LogP contribution in [-0.4, -0.2) is 52.8 Å². The first-order chi connectivity index (χ1) is 13.1. The molecule has 1 unspecified atom stereocenters. The van der Waals surface area contributed by atoms with Crippen molar-refractivity contribution in [3.05, 3.63) is 47.0 Å². The second-order valence-corrected chi connectivity index (χ2v) is 7.76. The number of halogens is 1. The summed E-state index contributed by atoms with van der Waals surface area (Å²) in [6, 6.07) is 5.23. The van der Waals surface area contributed by atoms with Gasteiger partial charge in [-0.25, -0.2) is 4.39 Å². The van der Waals surface area contributed by atoms with E-state index in [4.69, 9.17) is 0 Å². The first-order valence-electron chi connectivity index (χ1n) is 9.82. The van der Waals surface area contributed by atoms with Gasteiger partial charge in [0.1, 0.15) is 5.82 Å². The van der Waals surface area contributed by atoms with Crippen LogP contribution < -0.4 is 0 Å². The highest BCUT2D eigenvalue weighted by Gasteiger charge is 2.46. The van der Waals surface area contributed by atoms with Crippen molar-refractivity contribution in [2.75, 3.05) is 26.2 Å². The van der Waals surface area contributed by atoms with E-state index in [0.717, 1.165) is 38.8 Å². The standard InChI is InChI=1S/C21H25FN2O3/c22-16-8-6-14(7-9-16)18-17(19(25)15-4-5-15)20(26)21(27)24(18)13-12-23-10-2-1-3-11-23/h6-9,15,18,26H,1-5,10-13H2. The van der Waals surface area contributed by atoms with Gasteiger partial charge < -0.3 is 14.9 Å². The fourth-order valence-corrected chi connectivity index (χ4v) is 4.13. The number of rotatable bonds is 6. The van der Waals surface area contributed by atoms with Crippen LogP contribution in [0.5, 0.6) is 0 Å². The smallest absolute Gasteiger partial charge is 0.290 e. The highest BCUT2D eigenvalue weighted by Crippen LogP contribution is 2.43. The van der Waals surface area contributed by atoms with Gasteiger partial charge in [-0.2, -0.15) is 0 Å². The van der Waals surface area contributed by atoms with E-state index in [2.05, 4.69) is 4.90 Å². The van der Waals surface area contributed by atoms with E-state index < -0.39 is 17.7 Å². The van der Waals surface area contributed by atoms with Crippen molar-refractivity contribution >= 4 is 11.7 Å². The molecule has 0 bridgehead atoms. The Morgan fingerprint density at radius 1 is 1.07 bits per heavy atom. The molecule has 1 aromatic rings. The fourth-order valence-electron chi connectivity index (χ4n) is 4.13. The Morgan fingerprint density at radius 2 is 1.74 bits per heavy atom. The summed E-state index contributed by atoms with van der Waals surface area (Å²) in [4.78, 5) is 29.4. The van der Waals surface area contributed by atoms with Gasteiger partial charge in [0.15, 0.2) is 11.5 Å². The number of benzene rings is 1. The number of piperidine rings is 1. The summed E-state index contributed by atoms with van der Waals surface area (Å²) in [7, 11) is 0. The Hall–Kier alpha value is -2.21. The van der Waals surface area contributed by atoms with E-state index in [1.54, 1.807) is 17.0 Å². The first-order valence-corrected chi connectivity index (χ1v) is 9.82. The van der Waals surface area contributed by atoms with Crippen LogP contribution in [0.3, 0.4) is 0 Å². The van der Waals surface area contributed by atoms with Crippen molar-refractivity contribution in [1.29, 1.82) is 0 Å². The molecule has 1 N–H and O–H groups in total. The topological polar surface area (TPSA) is 60.9 Å². The van der Waals surface area contributed by atoms with Crippen LogP contribution in [0.2, 0.25) is 0 Å². The van der Waals surface area contributed by atoms with Gasteiger partial charge >= 0.3 is 0 Å². The van der Waals surface area contributed by atoms with Crippen LogP contribution >= 0.6 is 0 Å². The Balaban J connectivity index is 1.61. The van der Waals surface area contributed by atoms with Crippen molar-refractivity contribution in [1.82, 2.24) is 9.80 Å². The van der Waals surface area contributed by atoms with Crippen molar-refractivity contribution in [3.8, 4) is 0 Å².